The van der Waals surface area contributed by atoms with Crippen LogP contribution in [0.2, 0.25) is 0 Å². The molecule has 8 nitrogen and oxygen atoms in total. The van der Waals surface area contributed by atoms with E-state index in [1.54, 1.807) is 12.4 Å². The normalized spacial score (nSPS) is 25.5. The van der Waals surface area contributed by atoms with Gasteiger partial charge in [-0.25, -0.2) is 15.4 Å². The lowest BCUT2D eigenvalue weighted by Gasteiger charge is -2.34. The van der Waals surface area contributed by atoms with Crippen LogP contribution in [0.15, 0.2) is 18.5 Å². The molecule has 3 N–H and O–H groups in total. The maximum Gasteiger partial charge on any atom is 0.238 e. The van der Waals surface area contributed by atoms with Crippen molar-refractivity contribution in [2.45, 2.75) is 25.4 Å². The number of hydrogen-bond acceptors (Lipinski definition) is 7. The molecule has 0 radical (unpaired) electrons. The summed E-state index contributed by atoms with van der Waals surface area (Å²) in [5.41, 5.74) is 6.09. The summed E-state index contributed by atoms with van der Waals surface area (Å²) in [6.07, 6.45) is 4.38. The van der Waals surface area contributed by atoms with Gasteiger partial charge in [-0.05, 0) is 19.4 Å². The molecule has 0 aliphatic carbocycles. The van der Waals surface area contributed by atoms with Gasteiger partial charge in [0.15, 0.2) is 0 Å². The number of nitrogens with zero attached hydrogens (tertiary/aromatic N) is 4. The Hall–Kier alpha value is -1.77. The number of rotatable bonds is 5. The van der Waals surface area contributed by atoms with E-state index in [1.165, 1.54) is 0 Å². The molecule has 3 rings (SSSR count). The largest absolute Gasteiger partial charge is 0.353 e. The van der Waals surface area contributed by atoms with Crippen molar-refractivity contribution >= 4 is 11.9 Å². The Kier molecular flexibility index (Phi) is 5.37. The van der Waals surface area contributed by atoms with Crippen LogP contribution >= 0.6 is 0 Å². The van der Waals surface area contributed by atoms with Crippen molar-refractivity contribution in [1.82, 2.24) is 31.0 Å². The molecule has 1 aromatic heterocycles. The number of amides is 1. The second kappa shape index (κ2) is 7.67. The Morgan fingerprint density at radius 3 is 2.65 bits per heavy atom. The topological polar surface area (TPSA) is 85.4 Å². The molecule has 2 atom stereocenters. The molecule has 23 heavy (non-hydrogen) atoms. The fourth-order valence-electron chi connectivity index (χ4n) is 2.97. The second-order valence-corrected chi connectivity index (χ2v) is 6.15. The van der Waals surface area contributed by atoms with Crippen LogP contribution in [0.4, 0.5) is 5.95 Å². The predicted octanol–water partition coefficient (Wildman–Crippen LogP) is -1.03. The van der Waals surface area contributed by atoms with E-state index in [9.17, 15) is 4.79 Å². The van der Waals surface area contributed by atoms with Crippen LogP contribution in [0.5, 0.6) is 0 Å². The first kappa shape index (κ1) is 16.1. The van der Waals surface area contributed by atoms with Crippen LogP contribution in [0.1, 0.15) is 13.3 Å². The first-order valence-corrected chi connectivity index (χ1v) is 8.25. The molecule has 2 unspecified atom stereocenters. The molecule has 1 amide bonds. The van der Waals surface area contributed by atoms with Gasteiger partial charge in [-0.2, -0.15) is 0 Å². The lowest BCUT2D eigenvalue weighted by atomic mass is 10.1. The van der Waals surface area contributed by atoms with Gasteiger partial charge in [0.2, 0.25) is 11.9 Å². The molecular formula is C15H25N7O. The average molecular weight is 319 g/mol. The van der Waals surface area contributed by atoms with E-state index >= 15 is 0 Å². The molecule has 0 spiro atoms. The Labute approximate surface area is 136 Å². The Morgan fingerprint density at radius 2 is 2.00 bits per heavy atom. The fourth-order valence-corrected chi connectivity index (χ4v) is 2.97. The van der Waals surface area contributed by atoms with Gasteiger partial charge in [-0.1, -0.05) is 0 Å². The summed E-state index contributed by atoms with van der Waals surface area (Å²) in [4.78, 5) is 25.2. The molecule has 2 fully saturated rings. The molecule has 3 heterocycles. The van der Waals surface area contributed by atoms with Crippen LogP contribution in [0.3, 0.4) is 0 Å². The standard InChI is InChI=1S/C15H25N7O/c1-12-11-13(20-19-12)14(23)16-5-6-21-7-9-22(10-8-21)15-17-3-2-4-18-15/h2-4,12-13,19-20H,5-11H2,1H3,(H,16,23). The van der Waals surface area contributed by atoms with E-state index in [0.717, 1.165) is 45.1 Å². The van der Waals surface area contributed by atoms with Gasteiger partial charge in [-0.3, -0.25) is 15.1 Å². The lowest BCUT2D eigenvalue weighted by Crippen LogP contribution is -2.50. The van der Waals surface area contributed by atoms with Gasteiger partial charge >= 0.3 is 0 Å². The number of hydrazine groups is 1. The van der Waals surface area contributed by atoms with Gasteiger partial charge in [-0.15, -0.1) is 0 Å². The number of carbonyl (C=O) groups is 1. The summed E-state index contributed by atoms with van der Waals surface area (Å²) in [5, 5.41) is 3.01. The minimum absolute atomic E-state index is 0.0816. The van der Waals surface area contributed by atoms with E-state index < -0.39 is 0 Å². The molecule has 126 valence electrons. The highest BCUT2D eigenvalue weighted by Gasteiger charge is 2.26. The van der Waals surface area contributed by atoms with Crippen molar-refractivity contribution in [3.63, 3.8) is 0 Å². The number of carbonyl (C=O) groups excluding carboxylic acids is 1. The van der Waals surface area contributed by atoms with Gasteiger partial charge in [0.25, 0.3) is 0 Å². The molecule has 2 saturated heterocycles. The van der Waals surface area contributed by atoms with E-state index in [-0.39, 0.29) is 11.9 Å². The van der Waals surface area contributed by atoms with Crippen molar-refractivity contribution in [3.05, 3.63) is 18.5 Å². The summed E-state index contributed by atoms with van der Waals surface area (Å²) in [6.45, 7) is 7.41. The number of anilines is 1. The summed E-state index contributed by atoms with van der Waals surface area (Å²) >= 11 is 0. The third-order valence-electron chi connectivity index (χ3n) is 4.34. The van der Waals surface area contributed by atoms with Crippen LogP contribution in [-0.4, -0.2) is 72.1 Å². The maximum absolute atomic E-state index is 12.0. The zero-order valence-corrected chi connectivity index (χ0v) is 13.5. The van der Waals surface area contributed by atoms with E-state index in [0.29, 0.717) is 12.6 Å². The molecule has 0 bridgehead atoms. The Balaban J connectivity index is 1.34. The first-order valence-electron chi connectivity index (χ1n) is 8.25. The minimum Gasteiger partial charge on any atom is -0.353 e. The number of hydrogen-bond donors (Lipinski definition) is 3. The number of nitrogens with one attached hydrogen (secondary N) is 3. The van der Waals surface area contributed by atoms with Crippen LogP contribution in [-0.2, 0) is 4.79 Å². The van der Waals surface area contributed by atoms with E-state index in [1.807, 2.05) is 6.07 Å². The van der Waals surface area contributed by atoms with Gasteiger partial charge < -0.3 is 10.2 Å². The highest BCUT2D eigenvalue weighted by molar-refractivity contribution is 5.82. The predicted molar refractivity (Wildman–Crippen MR) is 87.8 cm³/mol. The van der Waals surface area contributed by atoms with Gasteiger partial charge in [0, 0.05) is 57.7 Å². The van der Waals surface area contributed by atoms with Crippen LogP contribution in [0, 0.1) is 0 Å². The van der Waals surface area contributed by atoms with Crippen molar-refractivity contribution in [2.75, 3.05) is 44.2 Å². The number of piperazine rings is 1. The molecule has 0 aromatic carbocycles. The Bertz CT molecular complexity index is 504. The quantitative estimate of drug-likeness (QED) is 0.640. The molecule has 0 saturated carbocycles. The maximum atomic E-state index is 12.0. The smallest absolute Gasteiger partial charge is 0.238 e. The summed E-state index contributed by atoms with van der Waals surface area (Å²) in [5.74, 6) is 0.882. The monoisotopic (exact) mass is 319 g/mol. The Morgan fingerprint density at radius 1 is 1.26 bits per heavy atom. The SMILES string of the molecule is CC1CC(C(=O)NCCN2CCN(c3ncccn3)CC2)NN1. The van der Waals surface area contributed by atoms with Crippen molar-refractivity contribution in [2.24, 2.45) is 0 Å². The zero-order valence-electron chi connectivity index (χ0n) is 13.5. The average Bonchev–Trinajstić information content (AvgIpc) is 3.03. The molecule has 2 aliphatic heterocycles. The highest BCUT2D eigenvalue weighted by atomic mass is 16.2. The van der Waals surface area contributed by atoms with E-state index in [2.05, 4.69) is 42.9 Å². The minimum atomic E-state index is -0.114. The van der Waals surface area contributed by atoms with Crippen molar-refractivity contribution in [3.8, 4) is 0 Å². The van der Waals surface area contributed by atoms with Crippen molar-refractivity contribution < 1.29 is 4.79 Å². The van der Waals surface area contributed by atoms with Crippen molar-refractivity contribution in [1.29, 1.82) is 0 Å². The molecule has 8 heteroatoms. The second-order valence-electron chi connectivity index (χ2n) is 6.15. The lowest BCUT2D eigenvalue weighted by molar-refractivity contribution is -0.122. The summed E-state index contributed by atoms with van der Waals surface area (Å²) < 4.78 is 0. The third kappa shape index (κ3) is 4.37. The van der Waals surface area contributed by atoms with E-state index in [4.69, 9.17) is 0 Å². The highest BCUT2D eigenvalue weighted by Crippen LogP contribution is 2.09. The third-order valence-corrected chi connectivity index (χ3v) is 4.34. The zero-order chi connectivity index (χ0) is 16.1. The first-order chi connectivity index (χ1) is 11.2. The van der Waals surface area contributed by atoms with Gasteiger partial charge in [0.05, 0.1) is 0 Å². The molecule has 2 aliphatic rings. The number of aromatic nitrogens is 2. The molecule has 1 aromatic rings. The van der Waals surface area contributed by atoms with Crippen LogP contribution < -0.4 is 21.1 Å². The van der Waals surface area contributed by atoms with Crippen LogP contribution in [0.25, 0.3) is 0 Å². The molecular weight excluding hydrogens is 294 g/mol. The van der Waals surface area contributed by atoms with Gasteiger partial charge in [0.1, 0.15) is 6.04 Å². The fraction of sp³-hybridized carbons (Fsp3) is 0.667. The summed E-state index contributed by atoms with van der Waals surface area (Å²) in [6, 6.07) is 2.06. The summed E-state index contributed by atoms with van der Waals surface area (Å²) in [7, 11) is 0.